The van der Waals surface area contributed by atoms with Gasteiger partial charge in [0, 0.05) is 0 Å². The normalized spacial score (nSPS) is 26.2. The molecule has 1 aromatic carbocycles. The molecule has 0 amide bonds. The first-order valence-electron chi connectivity index (χ1n) is 5.90. The van der Waals surface area contributed by atoms with E-state index in [9.17, 15) is 15.0 Å². The van der Waals surface area contributed by atoms with Crippen molar-refractivity contribution in [2.24, 2.45) is 0 Å². The minimum Gasteiger partial charge on any atom is -0.497 e. The largest absolute Gasteiger partial charge is 0.497 e. The number of methoxy groups -OCH3 is 1. The Hall–Kier alpha value is -1.63. The van der Waals surface area contributed by atoms with E-state index in [0.717, 1.165) is 0 Å². The molecule has 6 nitrogen and oxygen atoms in total. The number of rotatable bonds is 4. The first-order chi connectivity index (χ1) is 9.11. The molecule has 2 rings (SSSR count). The lowest BCUT2D eigenvalue weighted by molar-refractivity contribution is -0.0204. The lowest BCUT2D eigenvalue weighted by Crippen LogP contribution is -2.33. The van der Waals surface area contributed by atoms with Crippen LogP contribution in [0.3, 0.4) is 0 Å². The van der Waals surface area contributed by atoms with Gasteiger partial charge in [-0.15, -0.1) is 0 Å². The van der Waals surface area contributed by atoms with E-state index in [1.54, 1.807) is 24.3 Å². The van der Waals surface area contributed by atoms with E-state index in [0.29, 0.717) is 11.3 Å². The summed E-state index contributed by atoms with van der Waals surface area (Å²) < 4.78 is 15.1. The van der Waals surface area contributed by atoms with Crippen molar-refractivity contribution < 1.29 is 29.2 Å². The molecule has 0 saturated carbocycles. The van der Waals surface area contributed by atoms with Crippen molar-refractivity contribution in [3.8, 4) is 5.75 Å². The van der Waals surface area contributed by atoms with Gasteiger partial charge in [-0.2, -0.15) is 0 Å². The predicted octanol–water partition coefficient (Wildman–Crippen LogP) is -0.0274. The fourth-order valence-electron chi connectivity index (χ4n) is 1.78. The van der Waals surface area contributed by atoms with Gasteiger partial charge in [-0.3, -0.25) is 0 Å². The van der Waals surface area contributed by atoms with Gasteiger partial charge in [0.05, 0.1) is 19.3 Å². The van der Waals surface area contributed by atoms with Gasteiger partial charge >= 0.3 is 5.97 Å². The molecule has 1 aromatic rings. The Balaban J connectivity index is 1.87. The summed E-state index contributed by atoms with van der Waals surface area (Å²) in [6.45, 7) is -0.0466. The third-order valence-corrected chi connectivity index (χ3v) is 2.96. The average Bonchev–Trinajstić information content (AvgIpc) is 2.76. The Morgan fingerprint density at radius 3 is 2.58 bits per heavy atom. The van der Waals surface area contributed by atoms with Crippen molar-refractivity contribution in [2.75, 3.05) is 20.3 Å². The third-order valence-electron chi connectivity index (χ3n) is 2.96. The van der Waals surface area contributed by atoms with Gasteiger partial charge in [0.1, 0.15) is 30.7 Å². The van der Waals surface area contributed by atoms with Gasteiger partial charge < -0.3 is 24.4 Å². The second-order valence-electron chi connectivity index (χ2n) is 4.26. The standard InChI is InChI=1S/C13H16O6/c1-17-9-4-2-8(3-5-9)13(16)19-7-11-12(15)10(14)6-18-11/h2-5,10-12,14-15H,6-7H2,1H3/t10-,11?,12+/m0/s1. The summed E-state index contributed by atoms with van der Waals surface area (Å²) in [5, 5.41) is 18.8. The zero-order valence-electron chi connectivity index (χ0n) is 10.5. The monoisotopic (exact) mass is 268 g/mol. The quantitative estimate of drug-likeness (QED) is 0.746. The van der Waals surface area contributed by atoms with Crippen molar-refractivity contribution in [2.45, 2.75) is 18.3 Å². The molecule has 2 N–H and O–H groups in total. The van der Waals surface area contributed by atoms with Gasteiger partial charge in [-0.05, 0) is 24.3 Å². The van der Waals surface area contributed by atoms with E-state index < -0.39 is 24.3 Å². The Kier molecular flexibility index (Phi) is 4.36. The highest BCUT2D eigenvalue weighted by Crippen LogP contribution is 2.16. The second-order valence-corrected chi connectivity index (χ2v) is 4.26. The van der Waals surface area contributed by atoms with Crippen LogP contribution in [0.25, 0.3) is 0 Å². The van der Waals surface area contributed by atoms with Crippen molar-refractivity contribution >= 4 is 5.97 Å². The second kappa shape index (κ2) is 6.01. The number of aliphatic hydroxyl groups excluding tert-OH is 2. The highest BCUT2D eigenvalue weighted by atomic mass is 16.6. The molecule has 6 heteroatoms. The molecule has 1 fully saturated rings. The van der Waals surface area contributed by atoms with Crippen LogP contribution >= 0.6 is 0 Å². The van der Waals surface area contributed by atoms with Crippen LogP contribution in [0, 0.1) is 0 Å². The molecular weight excluding hydrogens is 252 g/mol. The summed E-state index contributed by atoms with van der Waals surface area (Å²) in [4.78, 5) is 11.7. The summed E-state index contributed by atoms with van der Waals surface area (Å²) >= 11 is 0. The first-order valence-corrected chi connectivity index (χ1v) is 5.90. The number of carbonyl (C=O) groups excluding carboxylic acids is 1. The van der Waals surface area contributed by atoms with Crippen LogP contribution in [0.1, 0.15) is 10.4 Å². The molecule has 1 saturated heterocycles. The third kappa shape index (κ3) is 3.23. The lowest BCUT2D eigenvalue weighted by Gasteiger charge is -2.14. The van der Waals surface area contributed by atoms with E-state index in [1.807, 2.05) is 0 Å². The van der Waals surface area contributed by atoms with Gasteiger partial charge in [0.25, 0.3) is 0 Å². The SMILES string of the molecule is COc1ccc(C(=O)OCC2OC[C@H](O)[C@H]2O)cc1. The minimum absolute atomic E-state index is 0.0475. The molecule has 0 radical (unpaired) electrons. The molecule has 0 aliphatic carbocycles. The van der Waals surface area contributed by atoms with Gasteiger partial charge in [0.2, 0.25) is 0 Å². The summed E-state index contributed by atoms with van der Waals surface area (Å²) in [6.07, 6.45) is -2.63. The molecule has 0 bridgehead atoms. The van der Waals surface area contributed by atoms with E-state index in [2.05, 4.69) is 0 Å². The number of aliphatic hydroxyl groups is 2. The molecule has 0 spiro atoms. The molecule has 3 atom stereocenters. The molecule has 104 valence electrons. The Bertz CT molecular complexity index is 429. The van der Waals surface area contributed by atoms with Crippen molar-refractivity contribution in [1.82, 2.24) is 0 Å². The summed E-state index contributed by atoms with van der Waals surface area (Å²) in [5.41, 5.74) is 0.383. The van der Waals surface area contributed by atoms with Crippen molar-refractivity contribution in [3.63, 3.8) is 0 Å². The fourth-order valence-corrected chi connectivity index (χ4v) is 1.78. The Morgan fingerprint density at radius 1 is 1.37 bits per heavy atom. The maximum atomic E-state index is 11.7. The van der Waals surface area contributed by atoms with Crippen LogP contribution < -0.4 is 4.74 Å². The first kappa shape index (κ1) is 13.8. The van der Waals surface area contributed by atoms with Crippen LogP contribution in [-0.2, 0) is 9.47 Å². The highest BCUT2D eigenvalue weighted by molar-refractivity contribution is 5.89. The van der Waals surface area contributed by atoms with Crippen LogP contribution in [-0.4, -0.2) is 54.8 Å². The predicted molar refractivity (Wildman–Crippen MR) is 65.0 cm³/mol. The number of ether oxygens (including phenoxy) is 3. The molecule has 1 aliphatic rings. The number of benzene rings is 1. The van der Waals surface area contributed by atoms with Gasteiger partial charge in [0.15, 0.2) is 0 Å². The van der Waals surface area contributed by atoms with Crippen LogP contribution in [0.4, 0.5) is 0 Å². The van der Waals surface area contributed by atoms with Crippen LogP contribution in [0.5, 0.6) is 5.75 Å². The molecule has 1 unspecified atom stereocenters. The number of hydrogen-bond acceptors (Lipinski definition) is 6. The topological polar surface area (TPSA) is 85.2 Å². The van der Waals surface area contributed by atoms with Gasteiger partial charge in [-0.25, -0.2) is 4.79 Å². The lowest BCUT2D eigenvalue weighted by atomic mass is 10.1. The highest BCUT2D eigenvalue weighted by Gasteiger charge is 2.35. The zero-order chi connectivity index (χ0) is 13.8. The van der Waals surface area contributed by atoms with Crippen LogP contribution in [0.15, 0.2) is 24.3 Å². The maximum Gasteiger partial charge on any atom is 0.338 e. The molecule has 1 aliphatic heterocycles. The summed E-state index contributed by atoms with van der Waals surface area (Å²) in [6, 6.07) is 6.48. The minimum atomic E-state index is -1.02. The zero-order valence-corrected chi connectivity index (χ0v) is 10.5. The summed E-state index contributed by atoms with van der Waals surface area (Å²) in [5.74, 6) is 0.133. The molecule has 0 aromatic heterocycles. The molecular formula is C13H16O6. The smallest absolute Gasteiger partial charge is 0.338 e. The Morgan fingerprint density at radius 2 is 2.05 bits per heavy atom. The average molecular weight is 268 g/mol. The van der Waals surface area contributed by atoms with Crippen LogP contribution in [0.2, 0.25) is 0 Å². The number of carbonyl (C=O) groups is 1. The van der Waals surface area contributed by atoms with E-state index in [1.165, 1.54) is 7.11 Å². The van der Waals surface area contributed by atoms with E-state index in [4.69, 9.17) is 14.2 Å². The van der Waals surface area contributed by atoms with Gasteiger partial charge in [-0.1, -0.05) is 0 Å². The summed E-state index contributed by atoms with van der Waals surface area (Å²) in [7, 11) is 1.54. The molecule has 19 heavy (non-hydrogen) atoms. The molecule has 1 heterocycles. The Labute approximate surface area is 110 Å². The van der Waals surface area contributed by atoms with E-state index in [-0.39, 0.29) is 13.2 Å². The fraction of sp³-hybridized carbons (Fsp3) is 0.462. The van der Waals surface area contributed by atoms with E-state index >= 15 is 0 Å². The van der Waals surface area contributed by atoms with Crippen molar-refractivity contribution in [3.05, 3.63) is 29.8 Å². The number of esters is 1. The van der Waals surface area contributed by atoms with Crippen molar-refractivity contribution in [1.29, 1.82) is 0 Å². The maximum absolute atomic E-state index is 11.7. The number of hydrogen-bond donors (Lipinski definition) is 2.